The highest BCUT2D eigenvalue weighted by molar-refractivity contribution is 4.81. The maximum atomic E-state index is 10.8. The molecule has 1 atom stereocenters. The summed E-state index contributed by atoms with van der Waals surface area (Å²) in [4.78, 5) is 10.8. The van der Waals surface area contributed by atoms with Gasteiger partial charge in [-0.25, -0.2) is 9.78 Å². The first-order valence-corrected chi connectivity index (χ1v) is 9.90. The van der Waals surface area contributed by atoms with Gasteiger partial charge in [0, 0.05) is 11.8 Å². The lowest BCUT2D eigenvalue weighted by Gasteiger charge is -2.38. The van der Waals surface area contributed by atoms with E-state index in [0.717, 1.165) is 19.3 Å². The number of hydrogen-bond acceptors (Lipinski definition) is 3. The zero-order valence-electron chi connectivity index (χ0n) is 16.5. The fourth-order valence-corrected chi connectivity index (χ4v) is 2.59. The molecule has 0 radical (unpaired) electrons. The van der Waals surface area contributed by atoms with E-state index in [2.05, 4.69) is 13.8 Å². The molecule has 0 saturated carbocycles. The Morgan fingerprint density at radius 2 is 1.17 bits per heavy atom. The van der Waals surface area contributed by atoms with Gasteiger partial charge in [-0.2, -0.15) is 0 Å². The first-order valence-electron chi connectivity index (χ1n) is 9.90. The average Bonchev–Trinajstić information content (AvgIpc) is 2.48. The monoisotopic (exact) mass is 330 g/mol. The molecule has 0 aliphatic rings. The van der Waals surface area contributed by atoms with Crippen LogP contribution >= 0.6 is 0 Å². The minimum Gasteiger partial charge on any atom is -0.363 e. The third kappa shape index (κ3) is 11.1. The average molecular weight is 331 g/mol. The summed E-state index contributed by atoms with van der Waals surface area (Å²) in [6, 6.07) is 0. The van der Waals surface area contributed by atoms with E-state index in [-0.39, 0.29) is 5.41 Å². The van der Waals surface area contributed by atoms with E-state index in [9.17, 15) is 5.11 Å². The van der Waals surface area contributed by atoms with Crippen molar-refractivity contribution in [3.63, 3.8) is 0 Å². The Bertz CT molecular complexity index is 260. The third-order valence-corrected chi connectivity index (χ3v) is 4.57. The van der Waals surface area contributed by atoms with Crippen LogP contribution in [0.1, 0.15) is 112 Å². The fourth-order valence-electron chi connectivity index (χ4n) is 2.59. The molecule has 0 heterocycles. The van der Waals surface area contributed by atoms with Gasteiger partial charge >= 0.3 is 0 Å². The van der Waals surface area contributed by atoms with Crippen LogP contribution in [0.5, 0.6) is 0 Å². The Morgan fingerprint density at radius 1 is 0.696 bits per heavy atom. The van der Waals surface area contributed by atoms with E-state index in [4.69, 9.17) is 9.78 Å². The normalized spacial score (nSPS) is 14.9. The Morgan fingerprint density at radius 3 is 1.70 bits per heavy atom. The Hall–Kier alpha value is -0.120. The Kier molecular flexibility index (Phi) is 13.1. The molecule has 0 bridgehead atoms. The summed E-state index contributed by atoms with van der Waals surface area (Å²) in [5.74, 6) is -1.19. The van der Waals surface area contributed by atoms with Gasteiger partial charge in [-0.1, -0.05) is 92.4 Å². The van der Waals surface area contributed by atoms with Crippen molar-refractivity contribution in [2.24, 2.45) is 5.41 Å². The summed E-state index contributed by atoms with van der Waals surface area (Å²) in [5.41, 5.74) is -0.348. The molecule has 0 rings (SSSR count). The number of hydrogen-bond donors (Lipinski definition) is 1. The van der Waals surface area contributed by atoms with Crippen molar-refractivity contribution in [3.8, 4) is 0 Å². The molecule has 3 heteroatoms. The third-order valence-electron chi connectivity index (χ3n) is 4.57. The zero-order valence-corrected chi connectivity index (χ0v) is 16.5. The minimum atomic E-state index is -1.19. The molecule has 0 aromatic rings. The lowest BCUT2D eigenvalue weighted by atomic mass is 9.82. The van der Waals surface area contributed by atoms with E-state index in [1.807, 2.05) is 20.8 Å². The highest BCUT2D eigenvalue weighted by Crippen LogP contribution is 2.36. The van der Waals surface area contributed by atoms with E-state index in [1.165, 1.54) is 51.4 Å². The molecule has 0 fully saturated rings. The maximum Gasteiger partial charge on any atom is 0.204 e. The summed E-state index contributed by atoms with van der Waals surface area (Å²) in [6.07, 6.45) is 13.8. The lowest BCUT2D eigenvalue weighted by molar-refractivity contribution is -0.447. The number of unbranched alkanes of at least 4 members (excludes halogenated alkanes) is 9. The molecule has 0 amide bonds. The van der Waals surface area contributed by atoms with Crippen molar-refractivity contribution in [1.29, 1.82) is 0 Å². The van der Waals surface area contributed by atoms with Crippen LogP contribution in [-0.4, -0.2) is 17.5 Å². The van der Waals surface area contributed by atoms with Crippen molar-refractivity contribution in [3.05, 3.63) is 0 Å². The van der Waals surface area contributed by atoms with Crippen LogP contribution in [0, 0.1) is 5.41 Å². The standard InChI is InChI=1S/C20H42O3/c1-6-8-10-12-14-16-18-22-23-20(21,19(3,4)5)17-15-13-11-9-7-2/h21H,6-18H2,1-5H3. The predicted octanol–water partition coefficient (Wildman–Crippen LogP) is 6.39. The molecule has 0 saturated heterocycles. The molecule has 0 aliphatic heterocycles. The second-order valence-corrected chi connectivity index (χ2v) is 7.87. The van der Waals surface area contributed by atoms with Gasteiger partial charge in [0.1, 0.15) is 0 Å². The van der Waals surface area contributed by atoms with Gasteiger partial charge < -0.3 is 5.11 Å². The smallest absolute Gasteiger partial charge is 0.204 e. The SMILES string of the molecule is CCCCCCCCOOC(O)(CCCCCCC)C(C)(C)C. The van der Waals surface area contributed by atoms with E-state index >= 15 is 0 Å². The van der Waals surface area contributed by atoms with Crippen LogP contribution in [-0.2, 0) is 9.78 Å². The number of aliphatic hydroxyl groups is 1. The highest BCUT2D eigenvalue weighted by atomic mass is 17.2. The van der Waals surface area contributed by atoms with Gasteiger partial charge in [0.2, 0.25) is 5.79 Å². The molecule has 0 spiro atoms. The Labute approximate surface area is 145 Å². The van der Waals surface area contributed by atoms with Crippen LogP contribution in [0.2, 0.25) is 0 Å². The van der Waals surface area contributed by atoms with Crippen LogP contribution in [0.4, 0.5) is 0 Å². The van der Waals surface area contributed by atoms with Crippen molar-refractivity contribution < 1.29 is 14.9 Å². The van der Waals surface area contributed by atoms with Crippen LogP contribution in [0.15, 0.2) is 0 Å². The molecule has 1 N–H and O–H groups in total. The van der Waals surface area contributed by atoms with Gasteiger partial charge in [0.15, 0.2) is 0 Å². The molecule has 0 aliphatic carbocycles. The van der Waals surface area contributed by atoms with Gasteiger partial charge in [0.05, 0.1) is 6.61 Å². The second kappa shape index (κ2) is 13.2. The number of rotatable bonds is 15. The van der Waals surface area contributed by atoms with E-state index in [0.29, 0.717) is 13.0 Å². The van der Waals surface area contributed by atoms with Crippen LogP contribution < -0.4 is 0 Å². The van der Waals surface area contributed by atoms with Gasteiger partial charge in [0.25, 0.3) is 0 Å². The van der Waals surface area contributed by atoms with Gasteiger partial charge in [-0.05, 0) is 12.8 Å². The molecule has 1 unspecified atom stereocenters. The van der Waals surface area contributed by atoms with E-state index < -0.39 is 5.79 Å². The molecular formula is C20H42O3. The van der Waals surface area contributed by atoms with Crippen LogP contribution in [0.3, 0.4) is 0 Å². The van der Waals surface area contributed by atoms with Crippen molar-refractivity contribution in [2.75, 3.05) is 6.61 Å². The lowest BCUT2D eigenvalue weighted by Crippen LogP contribution is -2.45. The fraction of sp³-hybridized carbons (Fsp3) is 1.00. The van der Waals surface area contributed by atoms with Gasteiger partial charge in [-0.3, -0.25) is 0 Å². The highest BCUT2D eigenvalue weighted by Gasteiger charge is 2.42. The summed E-state index contributed by atoms with van der Waals surface area (Å²) in [6.45, 7) is 11.0. The molecule has 0 aromatic heterocycles. The predicted molar refractivity (Wildman–Crippen MR) is 98.2 cm³/mol. The molecule has 140 valence electrons. The topological polar surface area (TPSA) is 38.7 Å². The van der Waals surface area contributed by atoms with Gasteiger partial charge in [-0.15, -0.1) is 0 Å². The quantitative estimate of drug-likeness (QED) is 0.164. The molecule has 23 heavy (non-hydrogen) atoms. The molecule has 3 nitrogen and oxygen atoms in total. The van der Waals surface area contributed by atoms with Crippen molar-refractivity contribution >= 4 is 0 Å². The maximum absolute atomic E-state index is 10.8. The summed E-state index contributed by atoms with van der Waals surface area (Å²) >= 11 is 0. The molecular weight excluding hydrogens is 288 g/mol. The Balaban J connectivity index is 3.95. The summed E-state index contributed by atoms with van der Waals surface area (Å²) < 4.78 is 0. The van der Waals surface area contributed by atoms with Crippen molar-refractivity contribution in [2.45, 2.75) is 117 Å². The largest absolute Gasteiger partial charge is 0.363 e. The second-order valence-electron chi connectivity index (χ2n) is 7.87. The molecule has 0 aromatic carbocycles. The summed E-state index contributed by atoms with van der Waals surface area (Å²) in [5, 5.41) is 10.8. The first-order chi connectivity index (χ1) is 10.9. The zero-order chi connectivity index (χ0) is 17.6. The van der Waals surface area contributed by atoms with E-state index in [1.54, 1.807) is 0 Å². The summed E-state index contributed by atoms with van der Waals surface area (Å²) in [7, 11) is 0. The van der Waals surface area contributed by atoms with Crippen molar-refractivity contribution in [1.82, 2.24) is 0 Å². The first kappa shape index (κ1) is 22.9. The van der Waals surface area contributed by atoms with Crippen LogP contribution in [0.25, 0.3) is 0 Å². The minimum absolute atomic E-state index is 0.348.